The van der Waals surface area contributed by atoms with E-state index in [1.807, 2.05) is 13.8 Å². The van der Waals surface area contributed by atoms with E-state index in [0.717, 1.165) is 0 Å². The highest BCUT2D eigenvalue weighted by Crippen LogP contribution is 2.26. The number of nitrogens with zero attached hydrogens (tertiary/aromatic N) is 1. The summed E-state index contributed by atoms with van der Waals surface area (Å²) < 4.78 is 0. The van der Waals surface area contributed by atoms with Crippen molar-refractivity contribution in [3.8, 4) is 0 Å². The predicted octanol–water partition coefficient (Wildman–Crippen LogP) is 2.87. The van der Waals surface area contributed by atoms with Gasteiger partial charge in [0.1, 0.15) is 0 Å². The van der Waals surface area contributed by atoms with Gasteiger partial charge in [-0.3, -0.25) is 10.1 Å². The van der Waals surface area contributed by atoms with Crippen LogP contribution < -0.4 is 5.32 Å². The van der Waals surface area contributed by atoms with Gasteiger partial charge in [-0.2, -0.15) is 0 Å². The zero-order chi connectivity index (χ0) is 13.8. The summed E-state index contributed by atoms with van der Waals surface area (Å²) in [6, 6.07) is 4.91. The fourth-order valence-corrected chi connectivity index (χ4v) is 1.77. The van der Waals surface area contributed by atoms with Crippen molar-refractivity contribution < 1.29 is 10.0 Å². The van der Waals surface area contributed by atoms with Crippen LogP contribution in [0.1, 0.15) is 32.3 Å². The second-order valence-corrected chi connectivity index (χ2v) is 4.49. The third-order valence-corrected chi connectivity index (χ3v) is 3.43. The van der Waals surface area contributed by atoms with Crippen LogP contribution in [0.15, 0.2) is 18.2 Å². The molecule has 0 radical (unpaired) electrons. The molecule has 100 valence electrons. The Labute approximate surface area is 107 Å². The standard InChI is InChI=1S/C13H20N2O3/c1-4-13(16,5-2)9-14-11-7-6-8-12(10(11)3)15(17)18/h6-8,14,16H,4-5,9H2,1-3H3. The van der Waals surface area contributed by atoms with E-state index < -0.39 is 10.5 Å². The molecule has 0 amide bonds. The average molecular weight is 252 g/mol. The number of nitro benzene ring substituents is 1. The van der Waals surface area contributed by atoms with Gasteiger partial charge in [0.05, 0.1) is 10.5 Å². The Kier molecular flexibility index (Phi) is 4.67. The number of aliphatic hydroxyl groups is 1. The molecule has 5 heteroatoms. The fourth-order valence-electron chi connectivity index (χ4n) is 1.77. The van der Waals surface area contributed by atoms with Crippen LogP contribution in [0.5, 0.6) is 0 Å². The minimum absolute atomic E-state index is 0.0940. The number of anilines is 1. The first-order chi connectivity index (χ1) is 8.43. The maximum atomic E-state index is 10.8. The number of hydrogen-bond acceptors (Lipinski definition) is 4. The summed E-state index contributed by atoms with van der Waals surface area (Å²) in [6.07, 6.45) is 1.29. The molecular weight excluding hydrogens is 232 g/mol. The highest BCUT2D eigenvalue weighted by Gasteiger charge is 2.22. The molecule has 1 aromatic carbocycles. The number of rotatable bonds is 6. The van der Waals surface area contributed by atoms with Crippen molar-refractivity contribution in [3.05, 3.63) is 33.9 Å². The van der Waals surface area contributed by atoms with E-state index in [2.05, 4.69) is 5.32 Å². The van der Waals surface area contributed by atoms with Gasteiger partial charge in [0, 0.05) is 23.9 Å². The summed E-state index contributed by atoms with van der Waals surface area (Å²) in [6.45, 7) is 5.94. The molecule has 0 saturated carbocycles. The highest BCUT2D eigenvalue weighted by atomic mass is 16.6. The van der Waals surface area contributed by atoms with Crippen molar-refractivity contribution in [2.45, 2.75) is 39.2 Å². The van der Waals surface area contributed by atoms with E-state index >= 15 is 0 Å². The van der Waals surface area contributed by atoms with Gasteiger partial charge in [-0.05, 0) is 25.8 Å². The number of benzene rings is 1. The summed E-state index contributed by atoms with van der Waals surface area (Å²) in [5, 5.41) is 24.1. The number of hydrogen-bond donors (Lipinski definition) is 2. The van der Waals surface area contributed by atoms with Gasteiger partial charge >= 0.3 is 0 Å². The van der Waals surface area contributed by atoms with Gasteiger partial charge in [-0.1, -0.05) is 19.9 Å². The summed E-state index contributed by atoms with van der Waals surface area (Å²) in [5.74, 6) is 0. The van der Waals surface area contributed by atoms with Crippen LogP contribution in [0.25, 0.3) is 0 Å². The monoisotopic (exact) mass is 252 g/mol. The Bertz CT molecular complexity index is 428. The minimum Gasteiger partial charge on any atom is -0.388 e. The molecule has 0 heterocycles. The molecule has 0 aliphatic rings. The normalized spacial score (nSPS) is 11.3. The van der Waals surface area contributed by atoms with Crippen LogP contribution >= 0.6 is 0 Å². The molecule has 0 bridgehead atoms. The number of nitrogens with one attached hydrogen (secondary N) is 1. The Morgan fingerprint density at radius 3 is 2.50 bits per heavy atom. The van der Waals surface area contributed by atoms with Gasteiger partial charge in [-0.25, -0.2) is 0 Å². The van der Waals surface area contributed by atoms with E-state index in [-0.39, 0.29) is 5.69 Å². The molecule has 5 nitrogen and oxygen atoms in total. The van der Waals surface area contributed by atoms with E-state index in [1.165, 1.54) is 6.07 Å². The van der Waals surface area contributed by atoms with Crippen LogP contribution in [0.2, 0.25) is 0 Å². The second kappa shape index (κ2) is 5.82. The lowest BCUT2D eigenvalue weighted by Gasteiger charge is -2.26. The second-order valence-electron chi connectivity index (χ2n) is 4.49. The molecule has 1 rings (SSSR count). The van der Waals surface area contributed by atoms with E-state index in [0.29, 0.717) is 30.6 Å². The molecule has 0 atom stereocenters. The first-order valence-corrected chi connectivity index (χ1v) is 6.13. The molecule has 2 N–H and O–H groups in total. The van der Waals surface area contributed by atoms with Crippen molar-refractivity contribution in [2.75, 3.05) is 11.9 Å². The Morgan fingerprint density at radius 1 is 1.39 bits per heavy atom. The van der Waals surface area contributed by atoms with Crippen LogP contribution in [0, 0.1) is 17.0 Å². The average Bonchev–Trinajstić information content (AvgIpc) is 2.37. The maximum absolute atomic E-state index is 10.8. The molecule has 0 saturated heterocycles. The van der Waals surface area contributed by atoms with Crippen LogP contribution in [-0.4, -0.2) is 22.2 Å². The zero-order valence-corrected chi connectivity index (χ0v) is 11.1. The summed E-state index contributed by atoms with van der Waals surface area (Å²) in [7, 11) is 0. The van der Waals surface area contributed by atoms with Crippen LogP contribution in [-0.2, 0) is 0 Å². The van der Waals surface area contributed by atoms with Crippen molar-refractivity contribution >= 4 is 11.4 Å². The Hall–Kier alpha value is -1.62. The highest BCUT2D eigenvalue weighted by molar-refractivity contribution is 5.59. The molecule has 0 aliphatic carbocycles. The smallest absolute Gasteiger partial charge is 0.274 e. The van der Waals surface area contributed by atoms with E-state index in [9.17, 15) is 15.2 Å². The van der Waals surface area contributed by atoms with Gasteiger partial charge in [-0.15, -0.1) is 0 Å². The molecule has 0 spiro atoms. The molecule has 0 aliphatic heterocycles. The third kappa shape index (κ3) is 3.20. The molecule has 18 heavy (non-hydrogen) atoms. The van der Waals surface area contributed by atoms with Gasteiger partial charge < -0.3 is 10.4 Å². The summed E-state index contributed by atoms with van der Waals surface area (Å²) in [5.41, 5.74) is 0.620. The van der Waals surface area contributed by atoms with Crippen LogP contribution in [0.3, 0.4) is 0 Å². The zero-order valence-electron chi connectivity index (χ0n) is 11.1. The van der Waals surface area contributed by atoms with Crippen LogP contribution in [0.4, 0.5) is 11.4 Å². The largest absolute Gasteiger partial charge is 0.388 e. The van der Waals surface area contributed by atoms with Gasteiger partial charge in [0.25, 0.3) is 5.69 Å². The molecular formula is C13H20N2O3. The van der Waals surface area contributed by atoms with Crippen molar-refractivity contribution in [1.82, 2.24) is 0 Å². The first kappa shape index (κ1) is 14.4. The number of nitro groups is 1. The van der Waals surface area contributed by atoms with Crippen molar-refractivity contribution in [3.63, 3.8) is 0 Å². The third-order valence-electron chi connectivity index (χ3n) is 3.43. The minimum atomic E-state index is -0.767. The summed E-state index contributed by atoms with van der Waals surface area (Å²) in [4.78, 5) is 10.4. The quantitative estimate of drug-likeness (QED) is 0.603. The lowest BCUT2D eigenvalue weighted by atomic mass is 9.97. The fraction of sp³-hybridized carbons (Fsp3) is 0.538. The van der Waals surface area contributed by atoms with Gasteiger partial charge in [0.15, 0.2) is 0 Å². The molecule has 0 fully saturated rings. The van der Waals surface area contributed by atoms with Gasteiger partial charge in [0.2, 0.25) is 0 Å². The first-order valence-electron chi connectivity index (χ1n) is 6.13. The molecule has 0 aromatic heterocycles. The predicted molar refractivity (Wildman–Crippen MR) is 71.9 cm³/mol. The van der Waals surface area contributed by atoms with Crippen molar-refractivity contribution in [2.24, 2.45) is 0 Å². The van der Waals surface area contributed by atoms with E-state index in [4.69, 9.17) is 0 Å². The molecule has 0 unspecified atom stereocenters. The topological polar surface area (TPSA) is 75.4 Å². The summed E-state index contributed by atoms with van der Waals surface area (Å²) >= 11 is 0. The lowest BCUT2D eigenvalue weighted by molar-refractivity contribution is -0.385. The SMILES string of the molecule is CCC(O)(CC)CNc1cccc([N+](=O)[O-])c1C. The Balaban J connectivity index is 2.86. The van der Waals surface area contributed by atoms with E-state index in [1.54, 1.807) is 19.1 Å². The maximum Gasteiger partial charge on any atom is 0.274 e. The van der Waals surface area contributed by atoms with Crippen molar-refractivity contribution in [1.29, 1.82) is 0 Å². The lowest BCUT2D eigenvalue weighted by Crippen LogP contribution is -2.35. The Morgan fingerprint density at radius 2 is 2.00 bits per heavy atom. The molecule has 1 aromatic rings.